The van der Waals surface area contributed by atoms with E-state index in [1.807, 2.05) is 38.2 Å². The van der Waals surface area contributed by atoms with E-state index in [-0.39, 0.29) is 36.3 Å². The number of aromatic nitrogens is 1. The SMILES string of the molecule is CCNC(=NCCOc1ccc(F)cc1F)N(C)Cc1cccn1C.I. The van der Waals surface area contributed by atoms with Crippen LogP contribution in [0.1, 0.15) is 12.6 Å². The number of halogens is 3. The highest BCUT2D eigenvalue weighted by Gasteiger charge is 2.08. The molecule has 1 aromatic carbocycles. The predicted octanol–water partition coefficient (Wildman–Crippen LogP) is 3.40. The first-order valence-electron chi connectivity index (χ1n) is 8.18. The first kappa shape index (κ1) is 22.2. The topological polar surface area (TPSA) is 41.8 Å². The maximum atomic E-state index is 13.5. The quantitative estimate of drug-likeness (QED) is 0.287. The van der Waals surface area contributed by atoms with Crippen molar-refractivity contribution in [1.29, 1.82) is 0 Å². The van der Waals surface area contributed by atoms with E-state index in [1.165, 1.54) is 12.1 Å². The molecule has 8 heteroatoms. The lowest BCUT2D eigenvalue weighted by atomic mass is 10.3. The van der Waals surface area contributed by atoms with Gasteiger partial charge in [-0.25, -0.2) is 13.8 Å². The van der Waals surface area contributed by atoms with E-state index < -0.39 is 11.6 Å². The Morgan fingerprint density at radius 2 is 2.08 bits per heavy atom. The highest BCUT2D eigenvalue weighted by molar-refractivity contribution is 14.0. The van der Waals surface area contributed by atoms with Crippen LogP contribution in [0.5, 0.6) is 5.75 Å². The number of nitrogens with zero attached hydrogens (tertiary/aromatic N) is 3. The molecule has 0 bridgehead atoms. The highest BCUT2D eigenvalue weighted by Crippen LogP contribution is 2.17. The third-order valence-corrected chi connectivity index (χ3v) is 3.65. The van der Waals surface area contributed by atoms with Crippen LogP contribution in [0.2, 0.25) is 0 Å². The van der Waals surface area contributed by atoms with Crippen molar-refractivity contribution in [2.75, 3.05) is 26.7 Å². The summed E-state index contributed by atoms with van der Waals surface area (Å²) < 4.78 is 33.8. The minimum absolute atomic E-state index is 0. The van der Waals surface area contributed by atoms with Crippen LogP contribution in [-0.2, 0) is 13.6 Å². The average molecular weight is 478 g/mol. The summed E-state index contributed by atoms with van der Waals surface area (Å²) in [5.41, 5.74) is 1.16. The van der Waals surface area contributed by atoms with Gasteiger partial charge in [0.2, 0.25) is 0 Å². The van der Waals surface area contributed by atoms with Gasteiger partial charge in [0.25, 0.3) is 0 Å². The normalized spacial score (nSPS) is 11.0. The third-order valence-electron chi connectivity index (χ3n) is 3.65. The number of benzene rings is 1. The second-order valence-electron chi connectivity index (χ2n) is 5.63. The van der Waals surface area contributed by atoms with Crippen LogP contribution in [0, 0.1) is 11.6 Å². The van der Waals surface area contributed by atoms with E-state index in [4.69, 9.17) is 4.74 Å². The molecule has 1 N–H and O–H groups in total. The number of nitrogens with one attached hydrogen (secondary N) is 1. The zero-order valence-corrected chi connectivity index (χ0v) is 17.5. The molecule has 144 valence electrons. The molecule has 0 spiro atoms. The second-order valence-corrected chi connectivity index (χ2v) is 5.63. The summed E-state index contributed by atoms with van der Waals surface area (Å²) in [6.45, 7) is 4.01. The first-order valence-corrected chi connectivity index (χ1v) is 8.18. The lowest BCUT2D eigenvalue weighted by molar-refractivity contribution is 0.309. The van der Waals surface area contributed by atoms with Crippen LogP contribution in [-0.4, -0.2) is 42.2 Å². The third kappa shape index (κ3) is 6.47. The molecule has 0 fully saturated rings. The summed E-state index contributed by atoms with van der Waals surface area (Å²) in [4.78, 5) is 6.50. The fraction of sp³-hybridized carbons (Fsp3) is 0.389. The Hall–Kier alpha value is -1.84. The molecule has 0 aliphatic carbocycles. The van der Waals surface area contributed by atoms with Gasteiger partial charge in [-0.2, -0.15) is 0 Å². The molecular weight excluding hydrogens is 453 g/mol. The number of aryl methyl sites for hydroxylation is 1. The Balaban J connectivity index is 0.00000338. The van der Waals surface area contributed by atoms with Crippen molar-refractivity contribution in [2.45, 2.75) is 13.5 Å². The molecule has 1 aromatic heterocycles. The zero-order valence-electron chi connectivity index (χ0n) is 15.2. The van der Waals surface area contributed by atoms with Crippen LogP contribution >= 0.6 is 24.0 Å². The minimum Gasteiger partial charge on any atom is -0.489 e. The van der Waals surface area contributed by atoms with Crippen molar-refractivity contribution in [3.8, 4) is 5.75 Å². The Morgan fingerprint density at radius 1 is 1.31 bits per heavy atom. The number of rotatable bonds is 7. The van der Waals surface area contributed by atoms with Gasteiger partial charge >= 0.3 is 0 Å². The predicted molar refractivity (Wildman–Crippen MR) is 110 cm³/mol. The number of guanidine groups is 1. The van der Waals surface area contributed by atoms with E-state index in [0.29, 0.717) is 13.1 Å². The van der Waals surface area contributed by atoms with Gasteiger partial charge in [0, 0.05) is 38.6 Å². The highest BCUT2D eigenvalue weighted by atomic mass is 127. The van der Waals surface area contributed by atoms with Gasteiger partial charge in [-0.05, 0) is 31.2 Å². The molecule has 2 rings (SSSR count). The molecular formula is C18H25F2IN4O. The number of aliphatic imine (C=N–C) groups is 1. The van der Waals surface area contributed by atoms with Gasteiger partial charge in [0.15, 0.2) is 17.5 Å². The van der Waals surface area contributed by atoms with Gasteiger partial charge in [-0.3, -0.25) is 0 Å². The minimum atomic E-state index is -0.711. The molecule has 0 aliphatic heterocycles. The Bertz CT molecular complexity index is 721. The second kappa shape index (κ2) is 11.0. The summed E-state index contributed by atoms with van der Waals surface area (Å²) in [5, 5.41) is 3.22. The maximum absolute atomic E-state index is 13.5. The Labute approximate surface area is 170 Å². The molecule has 0 radical (unpaired) electrons. The molecule has 0 saturated carbocycles. The number of hydrogen-bond acceptors (Lipinski definition) is 2. The van der Waals surface area contributed by atoms with Crippen molar-refractivity contribution < 1.29 is 13.5 Å². The van der Waals surface area contributed by atoms with Gasteiger partial charge in [0.05, 0.1) is 13.1 Å². The standard InChI is InChI=1S/C18H24F2N4O.HI/c1-4-21-18(24(3)13-15-6-5-10-23(15)2)22-9-11-25-17-8-7-14(19)12-16(17)20;/h5-8,10,12H,4,9,11,13H2,1-3H3,(H,21,22);1H. The van der Waals surface area contributed by atoms with Crippen LogP contribution < -0.4 is 10.1 Å². The largest absolute Gasteiger partial charge is 0.489 e. The van der Waals surface area contributed by atoms with E-state index >= 15 is 0 Å². The molecule has 0 unspecified atom stereocenters. The van der Waals surface area contributed by atoms with Crippen LogP contribution in [0.4, 0.5) is 8.78 Å². The molecule has 5 nitrogen and oxygen atoms in total. The summed E-state index contributed by atoms with van der Waals surface area (Å²) in [6, 6.07) is 7.30. The first-order chi connectivity index (χ1) is 12.0. The van der Waals surface area contributed by atoms with E-state index in [2.05, 4.69) is 20.9 Å². The van der Waals surface area contributed by atoms with Crippen LogP contribution in [0.3, 0.4) is 0 Å². The summed E-state index contributed by atoms with van der Waals surface area (Å²) in [5.74, 6) is -0.568. The molecule has 0 aliphatic rings. The molecule has 0 amide bonds. The Morgan fingerprint density at radius 3 is 2.69 bits per heavy atom. The van der Waals surface area contributed by atoms with Crippen LogP contribution in [0.25, 0.3) is 0 Å². The Kier molecular flexibility index (Phi) is 9.39. The average Bonchev–Trinajstić information content (AvgIpc) is 2.97. The van der Waals surface area contributed by atoms with E-state index in [0.717, 1.165) is 24.3 Å². The van der Waals surface area contributed by atoms with Crippen LogP contribution in [0.15, 0.2) is 41.5 Å². The van der Waals surface area contributed by atoms with Gasteiger partial charge < -0.3 is 19.5 Å². The van der Waals surface area contributed by atoms with Crippen molar-refractivity contribution in [2.24, 2.45) is 12.0 Å². The molecule has 0 atom stereocenters. The fourth-order valence-electron chi connectivity index (χ4n) is 2.35. The summed E-state index contributed by atoms with van der Waals surface area (Å²) in [7, 11) is 3.95. The molecule has 0 saturated heterocycles. The fourth-order valence-corrected chi connectivity index (χ4v) is 2.35. The van der Waals surface area contributed by atoms with Crippen molar-refractivity contribution in [1.82, 2.24) is 14.8 Å². The molecule has 1 heterocycles. The molecule has 2 aromatic rings. The summed E-state index contributed by atoms with van der Waals surface area (Å²) in [6.07, 6.45) is 2.00. The zero-order chi connectivity index (χ0) is 18.2. The van der Waals surface area contributed by atoms with Gasteiger partial charge in [0.1, 0.15) is 12.4 Å². The van der Waals surface area contributed by atoms with Crippen molar-refractivity contribution in [3.05, 3.63) is 53.9 Å². The number of ether oxygens (including phenoxy) is 1. The molecule has 26 heavy (non-hydrogen) atoms. The lowest BCUT2D eigenvalue weighted by Crippen LogP contribution is -2.39. The van der Waals surface area contributed by atoms with Crippen molar-refractivity contribution in [3.63, 3.8) is 0 Å². The smallest absolute Gasteiger partial charge is 0.194 e. The monoisotopic (exact) mass is 478 g/mol. The van der Waals surface area contributed by atoms with E-state index in [9.17, 15) is 8.78 Å². The van der Waals surface area contributed by atoms with E-state index in [1.54, 1.807) is 0 Å². The van der Waals surface area contributed by atoms with Gasteiger partial charge in [-0.15, -0.1) is 24.0 Å². The van der Waals surface area contributed by atoms with Crippen molar-refractivity contribution >= 4 is 29.9 Å². The lowest BCUT2D eigenvalue weighted by Gasteiger charge is -2.22. The number of hydrogen-bond donors (Lipinski definition) is 1. The summed E-state index contributed by atoms with van der Waals surface area (Å²) >= 11 is 0. The maximum Gasteiger partial charge on any atom is 0.194 e. The van der Waals surface area contributed by atoms with Gasteiger partial charge in [-0.1, -0.05) is 0 Å².